The molecule has 0 spiro atoms. The second-order valence-corrected chi connectivity index (χ2v) is 3.97. The monoisotopic (exact) mass is 239 g/mol. The highest BCUT2D eigenvalue weighted by molar-refractivity contribution is 5.78. The Morgan fingerprint density at radius 2 is 2.12 bits per heavy atom. The van der Waals surface area contributed by atoms with Crippen molar-refractivity contribution in [1.29, 1.82) is 0 Å². The summed E-state index contributed by atoms with van der Waals surface area (Å²) < 4.78 is 6.10. The smallest absolute Gasteiger partial charge is 0.328 e. The molecule has 0 bridgehead atoms. The van der Waals surface area contributed by atoms with Gasteiger partial charge in [-0.25, -0.2) is 9.78 Å². The summed E-state index contributed by atoms with van der Waals surface area (Å²) in [4.78, 5) is 27.1. The van der Waals surface area contributed by atoms with Crippen LogP contribution in [0.3, 0.4) is 0 Å². The van der Waals surface area contributed by atoms with E-state index in [4.69, 9.17) is 0 Å². The molecule has 1 unspecified atom stereocenters. The summed E-state index contributed by atoms with van der Waals surface area (Å²) in [6.45, 7) is 5.41. The van der Waals surface area contributed by atoms with E-state index >= 15 is 0 Å². The first-order chi connectivity index (χ1) is 7.97. The molecule has 1 N–H and O–H groups in total. The van der Waals surface area contributed by atoms with Gasteiger partial charge in [0.05, 0.1) is 7.11 Å². The number of nitrogens with zero attached hydrogens (tertiary/aromatic N) is 2. The van der Waals surface area contributed by atoms with Crippen molar-refractivity contribution in [3.63, 3.8) is 0 Å². The number of hydrogen-bond donors (Lipinski definition) is 1. The molecule has 6 nitrogen and oxygen atoms in total. The molecule has 0 fully saturated rings. The molecule has 17 heavy (non-hydrogen) atoms. The molecular formula is C11H17N3O3. The van der Waals surface area contributed by atoms with Crippen LogP contribution in [-0.2, 0) is 9.53 Å². The minimum atomic E-state index is -0.608. The van der Waals surface area contributed by atoms with Crippen LogP contribution in [0.25, 0.3) is 0 Å². The minimum Gasteiger partial charge on any atom is -0.467 e. The SMILES string of the molecule is COC(=O)C(C)Nc1nccn(C(C)C)c1=O. The summed E-state index contributed by atoms with van der Waals surface area (Å²) in [6.07, 6.45) is 3.13. The average molecular weight is 239 g/mol. The maximum atomic E-state index is 11.9. The molecule has 1 aromatic heterocycles. The normalized spacial score (nSPS) is 12.3. The molecule has 1 aromatic rings. The van der Waals surface area contributed by atoms with Crippen LogP contribution in [0.15, 0.2) is 17.2 Å². The van der Waals surface area contributed by atoms with E-state index in [0.717, 1.165) is 0 Å². The van der Waals surface area contributed by atoms with Crippen molar-refractivity contribution in [3.8, 4) is 0 Å². The van der Waals surface area contributed by atoms with E-state index in [9.17, 15) is 9.59 Å². The van der Waals surface area contributed by atoms with Gasteiger partial charge < -0.3 is 14.6 Å². The van der Waals surface area contributed by atoms with Gasteiger partial charge in [-0.1, -0.05) is 0 Å². The first-order valence-corrected chi connectivity index (χ1v) is 5.39. The molecule has 94 valence electrons. The lowest BCUT2D eigenvalue weighted by atomic mass is 10.3. The molecule has 0 amide bonds. The van der Waals surface area contributed by atoms with E-state index in [-0.39, 0.29) is 17.4 Å². The fraction of sp³-hybridized carbons (Fsp3) is 0.545. The number of methoxy groups -OCH3 is 1. The van der Waals surface area contributed by atoms with Crippen molar-refractivity contribution in [1.82, 2.24) is 9.55 Å². The molecule has 0 aliphatic heterocycles. The first kappa shape index (κ1) is 13.2. The third kappa shape index (κ3) is 3.05. The van der Waals surface area contributed by atoms with Crippen LogP contribution in [-0.4, -0.2) is 28.7 Å². The minimum absolute atomic E-state index is 0.0412. The number of hydrogen-bond acceptors (Lipinski definition) is 5. The molecular weight excluding hydrogens is 222 g/mol. The Hall–Kier alpha value is -1.85. The van der Waals surface area contributed by atoms with Crippen molar-refractivity contribution in [2.75, 3.05) is 12.4 Å². The zero-order valence-corrected chi connectivity index (χ0v) is 10.4. The van der Waals surface area contributed by atoms with Gasteiger partial charge in [-0.3, -0.25) is 4.79 Å². The molecule has 1 rings (SSSR count). The van der Waals surface area contributed by atoms with Crippen molar-refractivity contribution in [2.45, 2.75) is 32.9 Å². The maximum absolute atomic E-state index is 11.9. The Kier molecular flexibility index (Phi) is 4.25. The largest absolute Gasteiger partial charge is 0.467 e. The van der Waals surface area contributed by atoms with Crippen LogP contribution in [0.4, 0.5) is 5.82 Å². The van der Waals surface area contributed by atoms with E-state index in [1.165, 1.54) is 13.3 Å². The van der Waals surface area contributed by atoms with Crippen molar-refractivity contribution in [3.05, 3.63) is 22.7 Å². The topological polar surface area (TPSA) is 73.2 Å². The third-order valence-electron chi connectivity index (χ3n) is 2.33. The number of ether oxygens (including phenoxy) is 1. The number of carbonyl (C=O) groups excluding carboxylic acids is 1. The van der Waals surface area contributed by atoms with E-state index in [1.807, 2.05) is 13.8 Å². The highest BCUT2D eigenvalue weighted by atomic mass is 16.5. The van der Waals surface area contributed by atoms with Gasteiger partial charge in [-0.05, 0) is 20.8 Å². The van der Waals surface area contributed by atoms with Crippen LogP contribution in [0.5, 0.6) is 0 Å². The highest BCUT2D eigenvalue weighted by Gasteiger charge is 2.16. The fourth-order valence-corrected chi connectivity index (χ4v) is 1.37. The summed E-state index contributed by atoms with van der Waals surface area (Å²) in [5.41, 5.74) is -0.252. The highest BCUT2D eigenvalue weighted by Crippen LogP contribution is 2.03. The summed E-state index contributed by atoms with van der Waals surface area (Å²) >= 11 is 0. The van der Waals surface area contributed by atoms with Gasteiger partial charge in [0.25, 0.3) is 5.56 Å². The molecule has 0 radical (unpaired) electrons. The fourth-order valence-electron chi connectivity index (χ4n) is 1.37. The third-order valence-corrected chi connectivity index (χ3v) is 2.33. The van der Waals surface area contributed by atoms with Gasteiger partial charge in [0.2, 0.25) is 0 Å². The van der Waals surface area contributed by atoms with Gasteiger partial charge in [0.15, 0.2) is 5.82 Å². The summed E-state index contributed by atoms with van der Waals surface area (Å²) in [7, 11) is 1.30. The lowest BCUT2D eigenvalue weighted by Gasteiger charge is -2.14. The average Bonchev–Trinajstić information content (AvgIpc) is 2.30. The quantitative estimate of drug-likeness (QED) is 0.787. The second kappa shape index (κ2) is 5.47. The van der Waals surface area contributed by atoms with Crippen LogP contribution < -0.4 is 10.9 Å². The van der Waals surface area contributed by atoms with Crippen molar-refractivity contribution >= 4 is 11.8 Å². The summed E-state index contributed by atoms with van der Waals surface area (Å²) in [5, 5.41) is 2.74. The Morgan fingerprint density at radius 1 is 1.47 bits per heavy atom. The van der Waals surface area contributed by atoms with Crippen LogP contribution in [0, 0.1) is 0 Å². The van der Waals surface area contributed by atoms with Crippen molar-refractivity contribution < 1.29 is 9.53 Å². The van der Waals surface area contributed by atoms with Gasteiger partial charge >= 0.3 is 5.97 Å². The van der Waals surface area contributed by atoms with E-state index in [1.54, 1.807) is 17.7 Å². The predicted molar refractivity (Wildman–Crippen MR) is 64.0 cm³/mol. The van der Waals surface area contributed by atoms with E-state index < -0.39 is 12.0 Å². The van der Waals surface area contributed by atoms with Gasteiger partial charge in [-0.15, -0.1) is 0 Å². The number of carbonyl (C=O) groups is 1. The van der Waals surface area contributed by atoms with Crippen LogP contribution >= 0.6 is 0 Å². The number of rotatable bonds is 4. The van der Waals surface area contributed by atoms with Gasteiger partial charge in [0.1, 0.15) is 6.04 Å². The Labute approximate surface area is 99.6 Å². The first-order valence-electron chi connectivity index (χ1n) is 5.39. The zero-order valence-electron chi connectivity index (χ0n) is 10.4. The predicted octanol–water partition coefficient (Wildman–Crippen LogP) is 0.798. The summed E-state index contributed by atoms with van der Waals surface area (Å²) in [6, 6.07) is -0.567. The second-order valence-electron chi connectivity index (χ2n) is 3.97. The number of esters is 1. The van der Waals surface area contributed by atoms with Crippen LogP contribution in [0.2, 0.25) is 0 Å². The Bertz CT molecular complexity index is 454. The lowest BCUT2D eigenvalue weighted by Crippen LogP contribution is -2.33. The van der Waals surface area contributed by atoms with Crippen LogP contribution in [0.1, 0.15) is 26.8 Å². The zero-order chi connectivity index (χ0) is 13.0. The Balaban J connectivity index is 2.97. The summed E-state index contributed by atoms with van der Waals surface area (Å²) in [5.74, 6) is -0.287. The molecule has 1 heterocycles. The molecule has 0 saturated heterocycles. The van der Waals surface area contributed by atoms with Gasteiger partial charge in [-0.2, -0.15) is 0 Å². The molecule has 0 saturated carbocycles. The maximum Gasteiger partial charge on any atom is 0.328 e. The van der Waals surface area contributed by atoms with E-state index in [2.05, 4.69) is 15.0 Å². The molecule has 1 atom stereocenters. The number of anilines is 1. The molecule has 0 aromatic carbocycles. The Morgan fingerprint density at radius 3 is 2.65 bits per heavy atom. The van der Waals surface area contributed by atoms with Gasteiger partial charge in [0, 0.05) is 18.4 Å². The lowest BCUT2D eigenvalue weighted by molar-refractivity contribution is -0.141. The standard InChI is InChI=1S/C11H17N3O3/c1-7(2)14-6-5-12-9(10(14)15)13-8(3)11(16)17-4/h5-8H,1-4H3,(H,12,13). The molecule has 0 aliphatic carbocycles. The molecule has 0 aliphatic rings. The van der Waals surface area contributed by atoms with Crippen molar-refractivity contribution in [2.24, 2.45) is 0 Å². The molecule has 6 heteroatoms. The number of aromatic nitrogens is 2. The number of nitrogens with one attached hydrogen (secondary N) is 1. The van der Waals surface area contributed by atoms with E-state index in [0.29, 0.717) is 0 Å².